The maximum atomic E-state index is 13.4. The number of carbonyl (C=O) groups excluding carboxylic acids is 1. The molecule has 1 amide bonds. The van der Waals surface area contributed by atoms with Crippen LogP contribution < -0.4 is 5.32 Å². The third-order valence-electron chi connectivity index (χ3n) is 21.3. The molecule has 14 nitrogen and oxygen atoms in total. The Morgan fingerprint density at radius 2 is 0.640 bits per heavy atom. The van der Waals surface area contributed by atoms with Gasteiger partial charge in [0.2, 0.25) is 5.91 Å². The van der Waals surface area contributed by atoms with E-state index in [4.69, 9.17) is 18.9 Å². The number of hydrogen-bond acceptors (Lipinski definition) is 13. The van der Waals surface area contributed by atoms with Gasteiger partial charge in [-0.3, -0.25) is 4.79 Å². The largest absolute Gasteiger partial charge is 0.394 e. The minimum Gasteiger partial charge on any atom is -0.394 e. The summed E-state index contributed by atoms with van der Waals surface area (Å²) >= 11 is 0. The molecule has 2 heterocycles. The maximum absolute atomic E-state index is 13.4. The number of aliphatic hydroxyl groups excluding tert-OH is 8. The van der Waals surface area contributed by atoms with Crippen molar-refractivity contribution in [1.82, 2.24) is 5.32 Å². The summed E-state index contributed by atoms with van der Waals surface area (Å²) in [6, 6.07) is -0.932. The van der Waals surface area contributed by atoms with Crippen LogP contribution in [0.3, 0.4) is 0 Å². The Morgan fingerprint density at radius 1 is 0.350 bits per heavy atom. The monoisotopic (exact) mass is 1420 g/mol. The molecule has 12 atom stereocenters. The first-order valence-electron chi connectivity index (χ1n) is 43.2. The molecule has 0 aromatic rings. The van der Waals surface area contributed by atoms with Crippen molar-refractivity contribution < 1.29 is 64.6 Å². The van der Waals surface area contributed by atoms with Gasteiger partial charge in [-0.05, 0) is 57.8 Å². The van der Waals surface area contributed by atoms with Crippen molar-refractivity contribution >= 4 is 5.91 Å². The number of aliphatic hydroxyl groups is 8. The molecule has 100 heavy (non-hydrogen) atoms. The van der Waals surface area contributed by atoms with E-state index in [9.17, 15) is 45.6 Å². The molecule has 0 spiro atoms. The molecule has 0 bridgehead atoms. The molecule has 0 saturated carbocycles. The van der Waals surface area contributed by atoms with Crippen LogP contribution in [0, 0.1) is 0 Å². The van der Waals surface area contributed by atoms with E-state index in [0.717, 1.165) is 32.1 Å². The summed E-state index contributed by atoms with van der Waals surface area (Å²) in [5.74, 6) is -0.240. The zero-order chi connectivity index (χ0) is 72.2. The number of nitrogens with one attached hydrogen (secondary N) is 1. The van der Waals surface area contributed by atoms with Crippen LogP contribution in [0.4, 0.5) is 0 Å². The Morgan fingerprint density at radius 3 is 0.980 bits per heavy atom. The average Bonchev–Trinajstić information content (AvgIpc) is 0.790. The molecule has 9 N–H and O–H groups in total. The topological polar surface area (TPSA) is 228 Å². The van der Waals surface area contributed by atoms with E-state index in [-0.39, 0.29) is 18.9 Å². The van der Waals surface area contributed by atoms with Gasteiger partial charge in [0.1, 0.15) is 48.8 Å². The van der Waals surface area contributed by atoms with Crippen LogP contribution in [-0.4, -0.2) is 140 Å². The van der Waals surface area contributed by atoms with Gasteiger partial charge in [0.25, 0.3) is 0 Å². The highest BCUT2D eigenvalue weighted by Gasteiger charge is 2.51. The van der Waals surface area contributed by atoms with Crippen molar-refractivity contribution in [2.75, 3.05) is 19.8 Å². The number of ether oxygens (including phenoxy) is 4. The summed E-state index contributed by atoms with van der Waals surface area (Å²) in [5.41, 5.74) is 0. The first kappa shape index (κ1) is 94.3. The summed E-state index contributed by atoms with van der Waals surface area (Å²) < 4.78 is 22.9. The molecule has 0 aromatic heterocycles. The summed E-state index contributed by atoms with van der Waals surface area (Å²) in [5, 5.41) is 87.8. The Bertz CT molecular complexity index is 1820. The molecule has 2 fully saturated rings. The highest BCUT2D eigenvalue weighted by Crippen LogP contribution is 2.31. The van der Waals surface area contributed by atoms with Gasteiger partial charge in [0.15, 0.2) is 12.6 Å². The zero-order valence-corrected chi connectivity index (χ0v) is 65.0. The van der Waals surface area contributed by atoms with E-state index in [2.05, 4.69) is 43.5 Å². The van der Waals surface area contributed by atoms with Crippen LogP contribution in [0.2, 0.25) is 0 Å². The number of amides is 1. The van der Waals surface area contributed by atoms with E-state index in [1.54, 1.807) is 6.08 Å². The van der Waals surface area contributed by atoms with Gasteiger partial charge in [0, 0.05) is 6.42 Å². The van der Waals surface area contributed by atoms with Gasteiger partial charge in [-0.2, -0.15) is 0 Å². The first-order valence-corrected chi connectivity index (χ1v) is 43.2. The van der Waals surface area contributed by atoms with Crippen molar-refractivity contribution in [3.8, 4) is 0 Å². The molecular weight excluding hydrogens is 1250 g/mol. The van der Waals surface area contributed by atoms with Gasteiger partial charge in [-0.1, -0.05) is 384 Å². The van der Waals surface area contributed by atoms with E-state index < -0.39 is 86.8 Å². The van der Waals surface area contributed by atoms with Crippen LogP contribution in [0.25, 0.3) is 0 Å². The lowest BCUT2D eigenvalue weighted by atomic mass is 9.97. The molecule has 0 aromatic carbocycles. The predicted octanol–water partition coefficient (Wildman–Crippen LogP) is 20.4. The van der Waals surface area contributed by atoms with Crippen molar-refractivity contribution in [1.29, 1.82) is 0 Å². The highest BCUT2D eigenvalue weighted by atomic mass is 16.7. The molecule has 2 saturated heterocycles. The van der Waals surface area contributed by atoms with Crippen molar-refractivity contribution in [2.45, 2.75) is 485 Å². The van der Waals surface area contributed by atoms with Gasteiger partial charge in [-0.15, -0.1) is 0 Å². The van der Waals surface area contributed by atoms with Gasteiger partial charge < -0.3 is 65.1 Å². The molecule has 2 aliphatic rings. The lowest BCUT2D eigenvalue weighted by Gasteiger charge is -2.46. The third kappa shape index (κ3) is 52.2. The first-order chi connectivity index (χ1) is 49.1. The van der Waals surface area contributed by atoms with Crippen molar-refractivity contribution in [3.63, 3.8) is 0 Å². The Balaban J connectivity index is 1.59. The van der Waals surface area contributed by atoms with Crippen molar-refractivity contribution in [3.05, 3.63) is 36.5 Å². The quantitative estimate of drug-likeness (QED) is 0.0204. The fourth-order valence-corrected chi connectivity index (χ4v) is 14.5. The Labute approximate surface area is 614 Å². The molecule has 0 radical (unpaired) electrons. The second kappa shape index (κ2) is 70.2. The fourth-order valence-electron chi connectivity index (χ4n) is 14.5. The van der Waals surface area contributed by atoms with Crippen LogP contribution in [0.15, 0.2) is 36.5 Å². The second-order valence-corrected chi connectivity index (χ2v) is 30.7. The average molecular weight is 1420 g/mol. The molecule has 0 aliphatic carbocycles. The lowest BCUT2D eigenvalue weighted by molar-refractivity contribution is -0.359. The molecular formula is C86H163NO13. The van der Waals surface area contributed by atoms with Crippen molar-refractivity contribution in [2.24, 2.45) is 0 Å². The van der Waals surface area contributed by atoms with E-state index >= 15 is 0 Å². The van der Waals surface area contributed by atoms with E-state index in [1.807, 2.05) is 6.08 Å². The Hall–Kier alpha value is -1.79. The Kier molecular flexibility index (Phi) is 66.2. The van der Waals surface area contributed by atoms with Crippen LogP contribution in [0.1, 0.15) is 412 Å². The standard InChI is InChI=1S/C86H163NO13/c1-3-5-7-9-11-13-15-17-19-21-23-25-27-29-31-33-35-36-37-38-40-42-44-46-48-50-52-54-56-58-60-62-64-66-68-70-78(91)87-74(73-97-85-83(96)81(94)84(77(72-89)99-85)100-86-82(95)80(93)79(92)76(71-88)98-86)75(90)69-67-65-63-61-59-57-55-53-51-49-47-45-43-41-39-34-32-30-28-26-24-22-20-18-16-14-12-10-8-6-4-2/h21,23,59,61,67,69,74-77,79-86,88-90,92-96H,3-20,22,24-58,60,62-66,68,70-73H2,1-2H3,(H,87,91)/b23-21-,61-59+,69-67+. The van der Waals surface area contributed by atoms with E-state index in [0.29, 0.717) is 12.8 Å². The minimum atomic E-state index is -1.79. The molecule has 14 heteroatoms. The van der Waals surface area contributed by atoms with Crippen LogP contribution in [0.5, 0.6) is 0 Å². The number of allylic oxidation sites excluding steroid dienone is 5. The number of hydrogen-bond donors (Lipinski definition) is 9. The summed E-state index contributed by atoms with van der Waals surface area (Å²) in [6.45, 7) is 2.86. The minimum absolute atomic E-state index is 0.240. The SMILES string of the molecule is CCCCCCCCCC/C=C\CCCCCCCCCCCCCCCCCCCCCCCCCC(=O)NC(COC1OC(CO)C(OC2OC(CO)C(O)C(O)C2O)C(O)C1O)C(O)/C=C/CC/C=C/CCCCCCCCCCCCCCCCCCCCCCCCCCC. The predicted molar refractivity (Wildman–Crippen MR) is 415 cm³/mol. The third-order valence-corrected chi connectivity index (χ3v) is 21.3. The molecule has 12 unspecified atom stereocenters. The fraction of sp³-hybridized carbons (Fsp3) is 0.919. The van der Waals surface area contributed by atoms with Gasteiger partial charge in [0.05, 0.1) is 32.0 Å². The normalized spacial score (nSPS) is 21.9. The molecule has 2 aliphatic heterocycles. The number of rotatable bonds is 74. The molecule has 590 valence electrons. The highest BCUT2D eigenvalue weighted by molar-refractivity contribution is 5.76. The van der Waals surface area contributed by atoms with Gasteiger partial charge >= 0.3 is 0 Å². The van der Waals surface area contributed by atoms with Crippen LogP contribution >= 0.6 is 0 Å². The molecule has 2 rings (SSSR count). The maximum Gasteiger partial charge on any atom is 0.220 e. The lowest BCUT2D eigenvalue weighted by Crippen LogP contribution is -2.65. The zero-order valence-electron chi connectivity index (χ0n) is 65.0. The summed E-state index contributed by atoms with van der Waals surface area (Å²) in [6.07, 6.45) is 76.9. The number of carbonyl (C=O) groups is 1. The van der Waals surface area contributed by atoms with Crippen LogP contribution in [-0.2, 0) is 23.7 Å². The second-order valence-electron chi connectivity index (χ2n) is 30.7. The summed E-state index contributed by atoms with van der Waals surface area (Å²) in [7, 11) is 0. The number of unbranched alkanes of at least 4 members (excludes halogenated alkanes) is 57. The smallest absolute Gasteiger partial charge is 0.220 e. The summed E-state index contributed by atoms with van der Waals surface area (Å²) in [4.78, 5) is 13.4. The van der Waals surface area contributed by atoms with Gasteiger partial charge in [-0.25, -0.2) is 0 Å². The van der Waals surface area contributed by atoms with E-state index in [1.165, 1.54) is 347 Å².